The molecule has 4 nitrogen and oxygen atoms in total. The van der Waals surface area contributed by atoms with Gasteiger partial charge in [0.25, 0.3) is 0 Å². The molecule has 2 aromatic rings. The first-order chi connectivity index (χ1) is 9.36. The van der Waals surface area contributed by atoms with Crippen molar-refractivity contribution in [1.29, 1.82) is 0 Å². The van der Waals surface area contributed by atoms with Crippen molar-refractivity contribution in [2.75, 3.05) is 11.9 Å². The zero-order chi connectivity index (χ0) is 13.1. The molecular weight excluding hydrogens is 236 g/mol. The molecule has 0 saturated carbocycles. The molecule has 3 rings (SSSR count). The lowest BCUT2D eigenvalue weighted by Crippen LogP contribution is -2.09. The zero-order valence-corrected chi connectivity index (χ0v) is 11.4. The molecule has 19 heavy (non-hydrogen) atoms. The van der Waals surface area contributed by atoms with Gasteiger partial charge in [-0.25, -0.2) is 9.97 Å². The predicted octanol–water partition coefficient (Wildman–Crippen LogP) is 2.64. The minimum atomic E-state index is 0.892. The van der Waals surface area contributed by atoms with Gasteiger partial charge in [-0.05, 0) is 50.3 Å². The second-order valence-corrected chi connectivity index (χ2v) is 5.05. The van der Waals surface area contributed by atoms with E-state index in [9.17, 15) is 0 Å². The third kappa shape index (κ3) is 2.62. The molecule has 2 heterocycles. The van der Waals surface area contributed by atoms with Crippen molar-refractivity contribution in [3.05, 3.63) is 41.6 Å². The van der Waals surface area contributed by atoms with Crippen LogP contribution < -0.4 is 5.32 Å². The van der Waals surface area contributed by atoms with Gasteiger partial charge in [0.2, 0.25) is 0 Å². The van der Waals surface area contributed by atoms with Crippen LogP contribution in [0.3, 0.4) is 0 Å². The van der Waals surface area contributed by atoms with Gasteiger partial charge in [-0.2, -0.15) is 0 Å². The molecule has 0 saturated heterocycles. The van der Waals surface area contributed by atoms with Crippen LogP contribution >= 0.6 is 0 Å². The summed E-state index contributed by atoms with van der Waals surface area (Å²) in [6, 6.07) is 4.20. The van der Waals surface area contributed by atoms with Crippen molar-refractivity contribution in [3.8, 4) is 0 Å². The van der Waals surface area contributed by atoms with Crippen LogP contribution in [0, 0.1) is 0 Å². The van der Waals surface area contributed by atoms with E-state index in [0.29, 0.717) is 0 Å². The Labute approximate surface area is 113 Å². The number of nitrogens with zero attached hydrogens (tertiary/aromatic N) is 3. The number of nitrogens with one attached hydrogen (secondary N) is 1. The first kappa shape index (κ1) is 12.2. The highest BCUT2D eigenvalue weighted by molar-refractivity contribution is 5.37. The Hall–Kier alpha value is -1.84. The number of fused-ring (bicyclic) bond motifs is 1. The maximum absolute atomic E-state index is 4.54. The molecule has 100 valence electrons. The Morgan fingerprint density at radius 2 is 2.16 bits per heavy atom. The summed E-state index contributed by atoms with van der Waals surface area (Å²) in [6.45, 7) is 3.88. The predicted molar refractivity (Wildman–Crippen MR) is 76.4 cm³/mol. The number of aromatic nitrogens is 3. The van der Waals surface area contributed by atoms with Gasteiger partial charge in [0, 0.05) is 25.0 Å². The average molecular weight is 256 g/mol. The van der Waals surface area contributed by atoms with Gasteiger partial charge in [0.15, 0.2) is 0 Å². The van der Waals surface area contributed by atoms with Crippen LogP contribution in [-0.2, 0) is 19.4 Å². The lowest BCUT2D eigenvalue weighted by Gasteiger charge is -2.14. The van der Waals surface area contributed by atoms with Gasteiger partial charge >= 0.3 is 0 Å². The Morgan fingerprint density at radius 1 is 1.26 bits per heavy atom. The maximum atomic E-state index is 4.54. The fourth-order valence-electron chi connectivity index (χ4n) is 2.71. The highest BCUT2D eigenvalue weighted by atomic mass is 15.1. The molecular formula is C15H20N4. The summed E-state index contributed by atoms with van der Waals surface area (Å²) in [7, 11) is 0. The van der Waals surface area contributed by atoms with Crippen molar-refractivity contribution in [3.63, 3.8) is 0 Å². The van der Waals surface area contributed by atoms with Crippen LogP contribution in [0.25, 0.3) is 0 Å². The average Bonchev–Trinajstić information content (AvgIpc) is 2.83. The third-order valence-corrected chi connectivity index (χ3v) is 3.65. The van der Waals surface area contributed by atoms with E-state index in [-0.39, 0.29) is 0 Å². The molecule has 2 aromatic heterocycles. The molecule has 0 aliphatic heterocycles. The first-order valence-corrected chi connectivity index (χ1v) is 7.08. The Bertz CT molecular complexity index is 559. The van der Waals surface area contributed by atoms with E-state index >= 15 is 0 Å². The fraction of sp³-hybridized carbons (Fsp3) is 0.467. The zero-order valence-electron chi connectivity index (χ0n) is 11.4. The van der Waals surface area contributed by atoms with Crippen molar-refractivity contribution >= 4 is 5.82 Å². The Kier molecular flexibility index (Phi) is 3.49. The van der Waals surface area contributed by atoms with Crippen molar-refractivity contribution in [2.24, 2.45) is 0 Å². The lowest BCUT2D eigenvalue weighted by molar-refractivity contribution is 0.628. The number of aryl methyl sites for hydroxylation is 1. The summed E-state index contributed by atoms with van der Waals surface area (Å²) >= 11 is 0. The van der Waals surface area contributed by atoms with E-state index in [1.807, 2.05) is 12.5 Å². The van der Waals surface area contributed by atoms with Gasteiger partial charge < -0.3 is 9.88 Å². The molecule has 0 amide bonds. The van der Waals surface area contributed by atoms with Gasteiger partial charge in [0.1, 0.15) is 5.82 Å². The summed E-state index contributed by atoms with van der Waals surface area (Å²) in [5.74, 6) is 0.953. The van der Waals surface area contributed by atoms with Gasteiger partial charge in [-0.15, -0.1) is 0 Å². The molecule has 0 fully saturated rings. The van der Waals surface area contributed by atoms with Crippen LogP contribution in [0.2, 0.25) is 0 Å². The van der Waals surface area contributed by atoms with Crippen LogP contribution in [0.15, 0.2) is 24.7 Å². The second kappa shape index (κ2) is 5.43. The number of imidazole rings is 1. The van der Waals surface area contributed by atoms with Crippen LogP contribution in [0.4, 0.5) is 5.82 Å². The maximum Gasteiger partial charge on any atom is 0.126 e. The molecule has 0 spiro atoms. The highest BCUT2D eigenvalue weighted by Gasteiger charge is 2.15. The lowest BCUT2D eigenvalue weighted by atomic mass is 10.0. The molecule has 0 bridgehead atoms. The van der Waals surface area contributed by atoms with E-state index < -0.39 is 0 Å². The first-order valence-electron chi connectivity index (χ1n) is 7.08. The largest absolute Gasteiger partial charge is 0.370 e. The third-order valence-electron chi connectivity index (χ3n) is 3.65. The van der Waals surface area contributed by atoms with Crippen molar-refractivity contribution < 1.29 is 0 Å². The highest BCUT2D eigenvalue weighted by Crippen LogP contribution is 2.21. The van der Waals surface area contributed by atoms with Crippen LogP contribution in [-0.4, -0.2) is 21.1 Å². The van der Waals surface area contributed by atoms with Crippen LogP contribution in [0.1, 0.15) is 36.7 Å². The second-order valence-electron chi connectivity index (χ2n) is 5.05. The minimum absolute atomic E-state index is 0.892. The molecule has 4 heteroatoms. The fourth-order valence-corrected chi connectivity index (χ4v) is 2.71. The minimum Gasteiger partial charge on any atom is -0.370 e. The number of hydrogen-bond donors (Lipinski definition) is 1. The van der Waals surface area contributed by atoms with Gasteiger partial charge in [-0.1, -0.05) is 0 Å². The standard InChI is InChI=1S/C15H20N4/c1-2-16-15-9-12(7-8-17-15)10-19-11-18-13-5-3-4-6-14(13)19/h7-9,11H,2-6,10H2,1H3,(H,16,17). The monoisotopic (exact) mass is 256 g/mol. The molecule has 0 atom stereocenters. The summed E-state index contributed by atoms with van der Waals surface area (Å²) in [6.07, 6.45) is 8.74. The summed E-state index contributed by atoms with van der Waals surface area (Å²) in [4.78, 5) is 8.85. The van der Waals surface area contributed by atoms with Crippen molar-refractivity contribution in [1.82, 2.24) is 14.5 Å². The van der Waals surface area contributed by atoms with E-state index in [0.717, 1.165) is 25.3 Å². The van der Waals surface area contributed by atoms with E-state index in [4.69, 9.17) is 0 Å². The Morgan fingerprint density at radius 3 is 3.05 bits per heavy atom. The molecule has 1 aliphatic carbocycles. The smallest absolute Gasteiger partial charge is 0.126 e. The van der Waals surface area contributed by atoms with E-state index in [1.165, 1.54) is 36.2 Å². The van der Waals surface area contributed by atoms with E-state index in [2.05, 4.69) is 38.9 Å². The number of rotatable bonds is 4. The molecule has 0 radical (unpaired) electrons. The number of anilines is 1. The topological polar surface area (TPSA) is 42.7 Å². The summed E-state index contributed by atoms with van der Waals surface area (Å²) < 4.78 is 2.29. The van der Waals surface area contributed by atoms with Gasteiger partial charge in [-0.3, -0.25) is 0 Å². The summed E-state index contributed by atoms with van der Waals surface area (Å²) in [5, 5.41) is 3.25. The number of hydrogen-bond acceptors (Lipinski definition) is 3. The SMILES string of the molecule is CCNc1cc(Cn2cnc3c2CCCC3)ccn1. The number of pyridine rings is 1. The van der Waals surface area contributed by atoms with Crippen LogP contribution in [0.5, 0.6) is 0 Å². The van der Waals surface area contributed by atoms with Gasteiger partial charge in [0.05, 0.1) is 12.0 Å². The Balaban J connectivity index is 1.81. The normalized spacial score (nSPS) is 14.2. The molecule has 1 N–H and O–H groups in total. The molecule has 0 unspecified atom stereocenters. The molecule has 0 aromatic carbocycles. The van der Waals surface area contributed by atoms with Crippen molar-refractivity contribution in [2.45, 2.75) is 39.2 Å². The molecule has 1 aliphatic rings. The summed E-state index contributed by atoms with van der Waals surface area (Å²) in [5.41, 5.74) is 4.00. The quantitative estimate of drug-likeness (QED) is 0.914. The van der Waals surface area contributed by atoms with E-state index in [1.54, 1.807) is 0 Å².